The molecule has 0 spiro atoms. The lowest BCUT2D eigenvalue weighted by molar-refractivity contribution is -0.143. The van der Waals surface area contributed by atoms with Gasteiger partial charge in [-0.3, -0.25) is 0 Å². The number of aliphatic hydroxyl groups excluding tert-OH is 4. The lowest BCUT2D eigenvalue weighted by atomic mass is 10.1. The highest BCUT2D eigenvalue weighted by Gasteiger charge is 2.43. The summed E-state index contributed by atoms with van der Waals surface area (Å²) in [5, 5.41) is 35.8. The van der Waals surface area contributed by atoms with E-state index in [0.29, 0.717) is 0 Å². The molecule has 1 heterocycles. The molecular formula is C6H12O5. The number of hydrogen-bond donors (Lipinski definition) is 4. The topological polar surface area (TPSA) is 90.2 Å². The third-order valence-corrected chi connectivity index (χ3v) is 1.75. The molecule has 0 bridgehead atoms. The summed E-state index contributed by atoms with van der Waals surface area (Å²) >= 11 is 0. The van der Waals surface area contributed by atoms with E-state index in [1.165, 1.54) is 6.92 Å². The van der Waals surface area contributed by atoms with Gasteiger partial charge in [0.1, 0.15) is 18.3 Å². The van der Waals surface area contributed by atoms with E-state index in [-0.39, 0.29) is 0 Å². The first-order chi connectivity index (χ1) is 5.04. The van der Waals surface area contributed by atoms with Gasteiger partial charge in [-0.25, -0.2) is 0 Å². The fourth-order valence-corrected chi connectivity index (χ4v) is 1.08. The van der Waals surface area contributed by atoms with Crippen molar-refractivity contribution in [2.45, 2.75) is 37.6 Å². The van der Waals surface area contributed by atoms with Gasteiger partial charge in [-0.1, -0.05) is 0 Å². The second kappa shape index (κ2) is 3.04. The van der Waals surface area contributed by atoms with Crippen LogP contribution < -0.4 is 0 Å². The van der Waals surface area contributed by atoms with Crippen LogP contribution >= 0.6 is 0 Å². The quantitative estimate of drug-likeness (QED) is 0.353. The highest BCUT2D eigenvalue weighted by Crippen LogP contribution is 2.21. The van der Waals surface area contributed by atoms with Crippen molar-refractivity contribution < 1.29 is 25.2 Å². The minimum Gasteiger partial charge on any atom is -0.391 e. The van der Waals surface area contributed by atoms with Crippen LogP contribution in [-0.2, 0) is 4.74 Å². The third kappa shape index (κ3) is 1.52. The Morgan fingerprint density at radius 2 is 1.73 bits per heavy atom. The molecular weight excluding hydrogens is 152 g/mol. The van der Waals surface area contributed by atoms with Crippen molar-refractivity contribution >= 4 is 0 Å². The molecule has 66 valence electrons. The van der Waals surface area contributed by atoms with E-state index in [0.717, 1.165) is 0 Å². The number of aliphatic hydroxyl groups is 4. The molecule has 1 aliphatic rings. The van der Waals surface area contributed by atoms with Gasteiger partial charge in [-0.2, -0.15) is 0 Å². The van der Waals surface area contributed by atoms with Gasteiger partial charge in [0, 0.05) is 0 Å². The SMILES string of the molecule is C[C@@H](O)[C@@H]1O[C@@H](O)[C@@H](O)[C@H]1O. The molecule has 0 aromatic rings. The maximum atomic E-state index is 9.10. The lowest BCUT2D eigenvalue weighted by Gasteiger charge is -2.16. The maximum absolute atomic E-state index is 9.10. The summed E-state index contributed by atoms with van der Waals surface area (Å²) < 4.78 is 4.65. The van der Waals surface area contributed by atoms with E-state index < -0.39 is 30.7 Å². The predicted octanol–water partition coefficient (Wildman–Crippen LogP) is -2.19. The molecule has 0 amide bonds. The van der Waals surface area contributed by atoms with Crippen LogP contribution in [0.3, 0.4) is 0 Å². The van der Waals surface area contributed by atoms with E-state index in [1.54, 1.807) is 0 Å². The van der Waals surface area contributed by atoms with E-state index in [2.05, 4.69) is 4.74 Å². The van der Waals surface area contributed by atoms with Crippen molar-refractivity contribution in [1.29, 1.82) is 0 Å². The van der Waals surface area contributed by atoms with Crippen LogP contribution in [0.4, 0.5) is 0 Å². The number of rotatable bonds is 1. The summed E-state index contributed by atoms with van der Waals surface area (Å²) in [6.45, 7) is 1.42. The van der Waals surface area contributed by atoms with Crippen molar-refractivity contribution in [2.24, 2.45) is 0 Å². The molecule has 1 saturated heterocycles. The standard InChI is InChI=1S/C6H12O5/c1-2(7)5-3(8)4(9)6(10)11-5/h2-10H,1H3/t2-,3-,4+,5+,6-/m1/s1. The van der Waals surface area contributed by atoms with Crippen molar-refractivity contribution in [3.8, 4) is 0 Å². The summed E-state index contributed by atoms with van der Waals surface area (Å²) in [7, 11) is 0. The molecule has 4 N–H and O–H groups in total. The molecule has 11 heavy (non-hydrogen) atoms. The van der Waals surface area contributed by atoms with Crippen molar-refractivity contribution in [3.63, 3.8) is 0 Å². The van der Waals surface area contributed by atoms with Gasteiger partial charge >= 0.3 is 0 Å². The molecule has 5 heteroatoms. The molecule has 5 nitrogen and oxygen atoms in total. The Labute approximate surface area is 63.8 Å². The first-order valence-corrected chi connectivity index (χ1v) is 3.41. The molecule has 0 unspecified atom stereocenters. The molecule has 0 aromatic carbocycles. The van der Waals surface area contributed by atoms with Gasteiger partial charge in [0.25, 0.3) is 0 Å². The third-order valence-electron chi connectivity index (χ3n) is 1.75. The fraction of sp³-hybridized carbons (Fsp3) is 1.00. The summed E-state index contributed by atoms with van der Waals surface area (Å²) in [6, 6.07) is 0. The molecule has 1 aliphatic heterocycles. The molecule has 5 atom stereocenters. The summed E-state index contributed by atoms with van der Waals surface area (Å²) in [6.07, 6.45) is -5.75. The molecule has 1 fully saturated rings. The van der Waals surface area contributed by atoms with E-state index >= 15 is 0 Å². The minimum atomic E-state index is -1.40. The van der Waals surface area contributed by atoms with Gasteiger partial charge in [-0.15, -0.1) is 0 Å². The molecule has 0 radical (unpaired) electrons. The Hall–Kier alpha value is -0.200. The summed E-state index contributed by atoms with van der Waals surface area (Å²) in [4.78, 5) is 0. The molecule has 0 saturated carbocycles. The van der Waals surface area contributed by atoms with Crippen LogP contribution in [0.25, 0.3) is 0 Å². The number of hydrogen-bond acceptors (Lipinski definition) is 5. The fourth-order valence-electron chi connectivity index (χ4n) is 1.08. The minimum absolute atomic E-state index is 0.903. The van der Waals surface area contributed by atoms with Crippen molar-refractivity contribution in [3.05, 3.63) is 0 Å². The van der Waals surface area contributed by atoms with Crippen LogP contribution in [0.15, 0.2) is 0 Å². The van der Waals surface area contributed by atoms with Crippen molar-refractivity contribution in [2.75, 3.05) is 0 Å². The Morgan fingerprint density at radius 3 is 1.91 bits per heavy atom. The second-order valence-corrected chi connectivity index (χ2v) is 2.71. The van der Waals surface area contributed by atoms with Crippen LogP contribution in [0.1, 0.15) is 6.92 Å². The van der Waals surface area contributed by atoms with Gasteiger partial charge in [0.2, 0.25) is 0 Å². The maximum Gasteiger partial charge on any atom is 0.184 e. The van der Waals surface area contributed by atoms with E-state index in [4.69, 9.17) is 20.4 Å². The summed E-state index contributed by atoms with van der Waals surface area (Å²) in [5.74, 6) is 0. The Kier molecular flexibility index (Phi) is 2.46. The van der Waals surface area contributed by atoms with Gasteiger partial charge in [0.15, 0.2) is 6.29 Å². The lowest BCUT2D eigenvalue weighted by Crippen LogP contribution is -2.37. The molecule has 0 aliphatic carbocycles. The zero-order valence-corrected chi connectivity index (χ0v) is 6.08. The zero-order chi connectivity index (χ0) is 8.59. The highest BCUT2D eigenvalue weighted by atomic mass is 16.6. The average molecular weight is 164 g/mol. The van der Waals surface area contributed by atoms with E-state index in [9.17, 15) is 0 Å². The Morgan fingerprint density at radius 1 is 1.18 bits per heavy atom. The average Bonchev–Trinajstić information content (AvgIpc) is 2.17. The van der Waals surface area contributed by atoms with Crippen LogP contribution in [0, 0.1) is 0 Å². The summed E-state index contributed by atoms with van der Waals surface area (Å²) in [5.41, 5.74) is 0. The van der Waals surface area contributed by atoms with Crippen LogP contribution in [0.5, 0.6) is 0 Å². The first-order valence-electron chi connectivity index (χ1n) is 3.41. The largest absolute Gasteiger partial charge is 0.391 e. The smallest absolute Gasteiger partial charge is 0.184 e. The number of ether oxygens (including phenoxy) is 1. The zero-order valence-electron chi connectivity index (χ0n) is 6.08. The highest BCUT2D eigenvalue weighted by molar-refractivity contribution is 4.88. The van der Waals surface area contributed by atoms with Crippen LogP contribution in [-0.4, -0.2) is 51.1 Å². The Bertz CT molecular complexity index is 137. The monoisotopic (exact) mass is 164 g/mol. The normalized spacial score (nSPS) is 47.7. The van der Waals surface area contributed by atoms with Crippen molar-refractivity contribution in [1.82, 2.24) is 0 Å². The van der Waals surface area contributed by atoms with Gasteiger partial charge < -0.3 is 25.2 Å². The van der Waals surface area contributed by atoms with E-state index in [1.807, 2.05) is 0 Å². The van der Waals surface area contributed by atoms with Gasteiger partial charge in [-0.05, 0) is 6.92 Å². The Balaban J connectivity index is 2.59. The van der Waals surface area contributed by atoms with Crippen LogP contribution in [0.2, 0.25) is 0 Å². The predicted molar refractivity (Wildman–Crippen MR) is 34.6 cm³/mol. The second-order valence-electron chi connectivity index (χ2n) is 2.71. The molecule has 0 aromatic heterocycles. The van der Waals surface area contributed by atoms with Gasteiger partial charge in [0.05, 0.1) is 6.10 Å². The molecule has 1 rings (SSSR count). The first kappa shape index (κ1) is 8.89.